The molecule has 0 saturated heterocycles. The van der Waals surface area contributed by atoms with Crippen LogP contribution in [-0.4, -0.2) is 16.9 Å². The molecule has 0 saturated carbocycles. The molecule has 0 unspecified atom stereocenters. The Morgan fingerprint density at radius 1 is 1.07 bits per heavy atom. The standard InChI is InChI=1S/C11H12O3/c1-8(12)6-9-2-4-10(5-3-9)7-11(13)14/h2-5H,6-7H2,1H3,(H,13,14). The Labute approximate surface area is 82.4 Å². The van der Waals surface area contributed by atoms with E-state index in [0.29, 0.717) is 6.42 Å². The van der Waals surface area contributed by atoms with Crippen molar-refractivity contribution in [2.24, 2.45) is 0 Å². The molecule has 0 aliphatic carbocycles. The quantitative estimate of drug-likeness (QED) is 0.785. The second kappa shape index (κ2) is 4.56. The second-order valence-corrected chi connectivity index (χ2v) is 3.27. The lowest BCUT2D eigenvalue weighted by molar-refractivity contribution is -0.136. The largest absolute Gasteiger partial charge is 0.481 e. The van der Waals surface area contributed by atoms with E-state index in [4.69, 9.17) is 5.11 Å². The van der Waals surface area contributed by atoms with Crippen molar-refractivity contribution >= 4 is 11.8 Å². The highest BCUT2D eigenvalue weighted by molar-refractivity contribution is 5.78. The monoisotopic (exact) mass is 192 g/mol. The molecule has 1 aromatic carbocycles. The van der Waals surface area contributed by atoms with Gasteiger partial charge in [-0.25, -0.2) is 0 Å². The van der Waals surface area contributed by atoms with Crippen LogP contribution < -0.4 is 0 Å². The molecule has 0 spiro atoms. The predicted molar refractivity (Wildman–Crippen MR) is 52.2 cm³/mol. The Morgan fingerprint density at radius 3 is 1.86 bits per heavy atom. The zero-order chi connectivity index (χ0) is 10.6. The van der Waals surface area contributed by atoms with Crippen molar-refractivity contribution in [3.05, 3.63) is 35.4 Å². The minimum Gasteiger partial charge on any atom is -0.481 e. The van der Waals surface area contributed by atoms with Crippen molar-refractivity contribution in [1.29, 1.82) is 0 Å². The maximum atomic E-state index is 10.8. The lowest BCUT2D eigenvalue weighted by atomic mass is 10.1. The molecule has 0 amide bonds. The zero-order valence-electron chi connectivity index (χ0n) is 7.99. The number of hydrogen-bond acceptors (Lipinski definition) is 2. The summed E-state index contributed by atoms with van der Waals surface area (Å²) in [6, 6.07) is 7.07. The van der Waals surface area contributed by atoms with Gasteiger partial charge in [0, 0.05) is 6.42 Å². The van der Waals surface area contributed by atoms with Crippen molar-refractivity contribution < 1.29 is 14.7 Å². The van der Waals surface area contributed by atoms with Gasteiger partial charge in [0.2, 0.25) is 0 Å². The fourth-order valence-electron chi connectivity index (χ4n) is 1.24. The van der Waals surface area contributed by atoms with Crippen molar-refractivity contribution in [2.75, 3.05) is 0 Å². The van der Waals surface area contributed by atoms with Gasteiger partial charge in [-0.05, 0) is 18.1 Å². The summed E-state index contributed by atoms with van der Waals surface area (Å²) in [6.45, 7) is 1.53. The molecular formula is C11H12O3. The summed E-state index contributed by atoms with van der Waals surface area (Å²) < 4.78 is 0. The van der Waals surface area contributed by atoms with Gasteiger partial charge < -0.3 is 5.11 Å². The smallest absolute Gasteiger partial charge is 0.307 e. The molecule has 0 aromatic heterocycles. The Balaban J connectivity index is 2.68. The molecule has 0 atom stereocenters. The Bertz CT molecular complexity index is 303. The minimum absolute atomic E-state index is 0.0281. The van der Waals surface area contributed by atoms with Crippen LogP contribution in [-0.2, 0) is 22.4 Å². The van der Waals surface area contributed by atoms with E-state index in [1.54, 1.807) is 24.3 Å². The van der Waals surface area contributed by atoms with E-state index in [2.05, 4.69) is 0 Å². The second-order valence-electron chi connectivity index (χ2n) is 3.27. The van der Waals surface area contributed by atoms with Crippen LogP contribution in [0.4, 0.5) is 0 Å². The fourth-order valence-corrected chi connectivity index (χ4v) is 1.24. The molecule has 3 nitrogen and oxygen atoms in total. The topological polar surface area (TPSA) is 54.4 Å². The average Bonchev–Trinajstić information content (AvgIpc) is 2.06. The van der Waals surface area contributed by atoms with Crippen LogP contribution in [0.5, 0.6) is 0 Å². The number of carbonyl (C=O) groups is 2. The highest BCUT2D eigenvalue weighted by Gasteiger charge is 2.01. The van der Waals surface area contributed by atoms with Crippen LogP contribution in [0.25, 0.3) is 0 Å². The van der Waals surface area contributed by atoms with E-state index < -0.39 is 5.97 Å². The Hall–Kier alpha value is -1.64. The van der Waals surface area contributed by atoms with E-state index in [9.17, 15) is 9.59 Å². The summed E-state index contributed by atoms with van der Waals surface area (Å²) in [4.78, 5) is 21.2. The summed E-state index contributed by atoms with van der Waals surface area (Å²) in [6.07, 6.45) is 0.438. The van der Waals surface area contributed by atoms with Crippen molar-refractivity contribution in [3.8, 4) is 0 Å². The summed E-state index contributed by atoms with van der Waals surface area (Å²) >= 11 is 0. The third-order valence-corrected chi connectivity index (χ3v) is 1.83. The predicted octanol–water partition coefficient (Wildman–Crippen LogP) is 1.45. The number of carbonyl (C=O) groups excluding carboxylic acids is 1. The molecule has 0 bridgehead atoms. The maximum absolute atomic E-state index is 10.8. The van der Waals surface area contributed by atoms with Gasteiger partial charge in [-0.2, -0.15) is 0 Å². The molecule has 0 aliphatic heterocycles. The number of carboxylic acid groups (broad SMARTS) is 1. The number of ketones is 1. The number of Topliss-reactive ketones (excluding diaryl/α,β-unsaturated/α-hetero) is 1. The average molecular weight is 192 g/mol. The molecule has 14 heavy (non-hydrogen) atoms. The van der Waals surface area contributed by atoms with Gasteiger partial charge in [0.15, 0.2) is 0 Å². The highest BCUT2D eigenvalue weighted by atomic mass is 16.4. The summed E-state index contributed by atoms with van der Waals surface area (Å²) in [5.74, 6) is -0.736. The Kier molecular flexibility index (Phi) is 3.40. The molecule has 0 radical (unpaired) electrons. The molecule has 1 aromatic rings. The molecule has 0 aliphatic rings. The SMILES string of the molecule is CC(=O)Cc1ccc(CC(=O)O)cc1. The number of carboxylic acids is 1. The van der Waals surface area contributed by atoms with Crippen molar-refractivity contribution in [2.45, 2.75) is 19.8 Å². The highest BCUT2D eigenvalue weighted by Crippen LogP contribution is 2.06. The van der Waals surface area contributed by atoms with E-state index in [0.717, 1.165) is 11.1 Å². The first-order valence-corrected chi connectivity index (χ1v) is 4.37. The fraction of sp³-hybridized carbons (Fsp3) is 0.273. The molecule has 0 heterocycles. The third-order valence-electron chi connectivity index (χ3n) is 1.83. The molecular weight excluding hydrogens is 180 g/mol. The normalized spacial score (nSPS) is 9.79. The van der Waals surface area contributed by atoms with E-state index in [1.807, 2.05) is 0 Å². The van der Waals surface area contributed by atoms with Gasteiger partial charge in [0.25, 0.3) is 0 Å². The van der Waals surface area contributed by atoms with E-state index in [1.165, 1.54) is 6.92 Å². The summed E-state index contributed by atoms with van der Waals surface area (Å²) in [5, 5.41) is 8.53. The van der Waals surface area contributed by atoms with Crippen LogP contribution in [0.15, 0.2) is 24.3 Å². The molecule has 3 heteroatoms. The number of hydrogen-bond donors (Lipinski definition) is 1. The van der Waals surface area contributed by atoms with E-state index in [-0.39, 0.29) is 12.2 Å². The van der Waals surface area contributed by atoms with Crippen LogP contribution in [0, 0.1) is 0 Å². The van der Waals surface area contributed by atoms with Gasteiger partial charge in [0.1, 0.15) is 5.78 Å². The molecule has 0 fully saturated rings. The lowest BCUT2D eigenvalue weighted by Gasteiger charge is -1.99. The van der Waals surface area contributed by atoms with Gasteiger partial charge in [0.05, 0.1) is 6.42 Å². The number of benzene rings is 1. The van der Waals surface area contributed by atoms with Crippen molar-refractivity contribution in [3.63, 3.8) is 0 Å². The number of aliphatic carboxylic acids is 1. The van der Waals surface area contributed by atoms with Crippen molar-refractivity contribution in [1.82, 2.24) is 0 Å². The first-order valence-electron chi connectivity index (χ1n) is 4.37. The summed E-state index contributed by atoms with van der Waals surface area (Å²) in [7, 11) is 0. The Morgan fingerprint density at radius 2 is 1.50 bits per heavy atom. The van der Waals surface area contributed by atoms with Crippen LogP contribution >= 0.6 is 0 Å². The lowest BCUT2D eigenvalue weighted by Crippen LogP contribution is -2.01. The van der Waals surface area contributed by atoms with Crippen LogP contribution in [0.3, 0.4) is 0 Å². The third kappa shape index (κ3) is 3.39. The molecule has 1 rings (SSSR count). The van der Waals surface area contributed by atoms with Gasteiger partial charge in [-0.15, -0.1) is 0 Å². The van der Waals surface area contributed by atoms with Crippen LogP contribution in [0.2, 0.25) is 0 Å². The zero-order valence-corrected chi connectivity index (χ0v) is 7.99. The van der Waals surface area contributed by atoms with Gasteiger partial charge in [-0.1, -0.05) is 24.3 Å². The first-order chi connectivity index (χ1) is 6.58. The van der Waals surface area contributed by atoms with Gasteiger partial charge >= 0.3 is 5.97 Å². The molecule has 74 valence electrons. The molecule has 1 N–H and O–H groups in total. The number of rotatable bonds is 4. The van der Waals surface area contributed by atoms with Crippen LogP contribution in [0.1, 0.15) is 18.1 Å². The van der Waals surface area contributed by atoms with Gasteiger partial charge in [-0.3, -0.25) is 9.59 Å². The van der Waals surface area contributed by atoms with E-state index >= 15 is 0 Å². The summed E-state index contributed by atoms with van der Waals surface area (Å²) in [5.41, 5.74) is 1.68. The maximum Gasteiger partial charge on any atom is 0.307 e. The minimum atomic E-state index is -0.843. The first kappa shape index (κ1) is 10.4.